The third-order valence-electron chi connectivity index (χ3n) is 3.43. The van der Waals surface area contributed by atoms with E-state index in [0.29, 0.717) is 19.4 Å². The van der Waals surface area contributed by atoms with E-state index in [1.165, 1.54) is 0 Å². The summed E-state index contributed by atoms with van der Waals surface area (Å²) in [4.78, 5) is 39.2. The lowest BCUT2D eigenvalue weighted by molar-refractivity contribution is -0.160. The molecule has 0 radical (unpaired) electrons. The molecule has 2 atom stereocenters. The van der Waals surface area contributed by atoms with Gasteiger partial charge >= 0.3 is 11.9 Å². The summed E-state index contributed by atoms with van der Waals surface area (Å²) in [7, 11) is 0. The van der Waals surface area contributed by atoms with Crippen molar-refractivity contribution in [1.82, 2.24) is 5.32 Å². The molecule has 1 rings (SSSR count). The van der Waals surface area contributed by atoms with E-state index >= 15 is 0 Å². The highest BCUT2D eigenvalue weighted by Crippen LogP contribution is 2.06. The monoisotopic (exact) mass is 363 g/mol. The lowest BCUT2D eigenvalue weighted by atomic mass is 10.0. The van der Waals surface area contributed by atoms with Crippen molar-refractivity contribution in [3.8, 4) is 0 Å². The number of esters is 2. The van der Waals surface area contributed by atoms with Crippen molar-refractivity contribution in [1.29, 1.82) is 0 Å². The van der Waals surface area contributed by atoms with E-state index in [-0.39, 0.29) is 12.4 Å². The Morgan fingerprint density at radius 3 is 2.42 bits per heavy atom. The Kier molecular flexibility index (Phi) is 8.79. The van der Waals surface area contributed by atoms with Gasteiger partial charge in [-0.25, -0.2) is 4.79 Å². The zero-order chi connectivity index (χ0) is 19.5. The SMILES string of the molecule is CC(=O)OC(=O)C(Cc1ccccc1)NC(=O)C(N)CCCN=C(N)N. The summed E-state index contributed by atoms with van der Waals surface area (Å²) < 4.78 is 4.61. The molecule has 0 spiro atoms. The highest BCUT2D eigenvalue weighted by molar-refractivity contribution is 5.91. The number of nitrogens with two attached hydrogens (primary N) is 3. The van der Waals surface area contributed by atoms with Gasteiger partial charge in [-0.3, -0.25) is 14.6 Å². The number of nitrogens with one attached hydrogen (secondary N) is 1. The number of guanidine groups is 1. The van der Waals surface area contributed by atoms with Crippen LogP contribution in [-0.4, -0.2) is 42.4 Å². The summed E-state index contributed by atoms with van der Waals surface area (Å²) in [6, 6.07) is 7.19. The van der Waals surface area contributed by atoms with Crippen molar-refractivity contribution in [2.24, 2.45) is 22.2 Å². The zero-order valence-electron chi connectivity index (χ0n) is 14.7. The Balaban J connectivity index is 2.68. The molecule has 1 aromatic carbocycles. The lowest BCUT2D eigenvalue weighted by Crippen LogP contribution is -2.50. The second-order valence-corrected chi connectivity index (χ2v) is 5.72. The maximum Gasteiger partial charge on any atom is 0.336 e. The third kappa shape index (κ3) is 8.25. The first-order chi connectivity index (χ1) is 12.3. The number of hydrogen-bond acceptors (Lipinski definition) is 6. The molecular formula is C17H25N5O4. The molecule has 2 unspecified atom stereocenters. The molecule has 0 aromatic heterocycles. The Morgan fingerprint density at radius 2 is 1.85 bits per heavy atom. The minimum Gasteiger partial charge on any atom is -0.392 e. The molecule has 26 heavy (non-hydrogen) atoms. The maximum atomic E-state index is 12.2. The molecule has 0 fully saturated rings. The summed E-state index contributed by atoms with van der Waals surface area (Å²) >= 11 is 0. The standard InChI is InChI=1S/C17H25N5O4/c1-11(23)26-16(25)14(10-12-6-3-2-4-7-12)22-15(24)13(18)8-5-9-21-17(19)20/h2-4,6-7,13-14H,5,8-10,18H2,1H3,(H,22,24)(H4,19,20,21). The number of amides is 1. The topological polar surface area (TPSA) is 163 Å². The first-order valence-corrected chi connectivity index (χ1v) is 8.17. The van der Waals surface area contributed by atoms with E-state index in [9.17, 15) is 14.4 Å². The van der Waals surface area contributed by atoms with Crippen molar-refractivity contribution in [3.05, 3.63) is 35.9 Å². The first kappa shape index (κ1) is 21.1. The molecule has 0 aliphatic carbocycles. The van der Waals surface area contributed by atoms with Gasteiger partial charge in [0.15, 0.2) is 5.96 Å². The number of rotatable bonds is 9. The molecule has 1 aromatic rings. The van der Waals surface area contributed by atoms with E-state index in [0.717, 1.165) is 12.5 Å². The van der Waals surface area contributed by atoms with Crippen LogP contribution in [0, 0.1) is 0 Å². The van der Waals surface area contributed by atoms with Gasteiger partial charge in [0, 0.05) is 19.9 Å². The van der Waals surface area contributed by atoms with Gasteiger partial charge in [0.2, 0.25) is 5.91 Å². The predicted molar refractivity (Wildman–Crippen MR) is 96.7 cm³/mol. The predicted octanol–water partition coefficient (Wildman–Crippen LogP) is -0.815. The Bertz CT molecular complexity index is 644. The van der Waals surface area contributed by atoms with Gasteiger partial charge < -0.3 is 27.3 Å². The second kappa shape index (κ2) is 10.8. The number of nitrogens with zero attached hydrogens (tertiary/aromatic N) is 1. The molecule has 0 saturated heterocycles. The lowest BCUT2D eigenvalue weighted by Gasteiger charge is -2.19. The summed E-state index contributed by atoms with van der Waals surface area (Å²) in [6.07, 6.45) is 1.02. The van der Waals surface area contributed by atoms with Crippen molar-refractivity contribution in [2.75, 3.05) is 6.54 Å². The van der Waals surface area contributed by atoms with Gasteiger partial charge in [-0.05, 0) is 18.4 Å². The van der Waals surface area contributed by atoms with E-state index in [4.69, 9.17) is 17.2 Å². The van der Waals surface area contributed by atoms with Gasteiger partial charge in [0.1, 0.15) is 6.04 Å². The smallest absolute Gasteiger partial charge is 0.336 e. The highest BCUT2D eigenvalue weighted by atomic mass is 16.6. The number of ether oxygens (including phenoxy) is 1. The van der Waals surface area contributed by atoms with Crippen molar-refractivity contribution in [3.63, 3.8) is 0 Å². The third-order valence-corrected chi connectivity index (χ3v) is 3.43. The Morgan fingerprint density at radius 1 is 1.19 bits per heavy atom. The highest BCUT2D eigenvalue weighted by Gasteiger charge is 2.26. The average Bonchev–Trinajstić information content (AvgIpc) is 2.58. The molecule has 0 heterocycles. The van der Waals surface area contributed by atoms with Crippen LogP contribution in [0.3, 0.4) is 0 Å². The largest absolute Gasteiger partial charge is 0.392 e. The molecule has 0 bridgehead atoms. The summed E-state index contributed by atoms with van der Waals surface area (Å²) in [5.74, 6) is -2.12. The molecule has 142 valence electrons. The Hall–Kier alpha value is -2.94. The molecule has 0 saturated carbocycles. The van der Waals surface area contributed by atoms with Crippen LogP contribution in [0.5, 0.6) is 0 Å². The second-order valence-electron chi connectivity index (χ2n) is 5.72. The number of carbonyl (C=O) groups excluding carboxylic acids is 3. The van der Waals surface area contributed by atoms with Crippen LogP contribution in [0.4, 0.5) is 0 Å². The maximum absolute atomic E-state index is 12.2. The Labute approximate surface area is 152 Å². The van der Waals surface area contributed by atoms with Gasteiger partial charge in [-0.1, -0.05) is 30.3 Å². The van der Waals surface area contributed by atoms with Gasteiger partial charge in [0.05, 0.1) is 6.04 Å². The minimum atomic E-state index is -1.02. The van der Waals surface area contributed by atoms with E-state index < -0.39 is 29.9 Å². The fourth-order valence-electron chi connectivity index (χ4n) is 2.19. The normalized spacial score (nSPS) is 12.5. The van der Waals surface area contributed by atoms with Crippen molar-refractivity contribution < 1.29 is 19.1 Å². The van der Waals surface area contributed by atoms with E-state index in [1.807, 2.05) is 6.07 Å². The molecule has 0 aliphatic heterocycles. The molecular weight excluding hydrogens is 338 g/mol. The van der Waals surface area contributed by atoms with Crippen LogP contribution < -0.4 is 22.5 Å². The number of benzene rings is 1. The molecule has 0 aliphatic rings. The van der Waals surface area contributed by atoms with E-state index in [2.05, 4.69) is 15.0 Å². The zero-order valence-corrected chi connectivity index (χ0v) is 14.7. The summed E-state index contributed by atoms with van der Waals surface area (Å²) in [6.45, 7) is 1.47. The van der Waals surface area contributed by atoms with Crippen LogP contribution in [0.1, 0.15) is 25.3 Å². The number of carbonyl (C=O) groups is 3. The number of aliphatic imine (C=N–C) groups is 1. The van der Waals surface area contributed by atoms with Gasteiger partial charge in [-0.15, -0.1) is 0 Å². The van der Waals surface area contributed by atoms with Crippen LogP contribution >= 0.6 is 0 Å². The van der Waals surface area contributed by atoms with Gasteiger partial charge in [-0.2, -0.15) is 0 Å². The molecule has 9 nitrogen and oxygen atoms in total. The average molecular weight is 363 g/mol. The summed E-state index contributed by atoms with van der Waals surface area (Å²) in [5, 5.41) is 2.54. The fraction of sp³-hybridized carbons (Fsp3) is 0.412. The van der Waals surface area contributed by atoms with Crippen molar-refractivity contribution in [2.45, 2.75) is 38.3 Å². The van der Waals surface area contributed by atoms with Crippen LogP contribution in [-0.2, 0) is 25.5 Å². The van der Waals surface area contributed by atoms with Crippen LogP contribution in [0.25, 0.3) is 0 Å². The molecule has 1 amide bonds. The van der Waals surface area contributed by atoms with Gasteiger partial charge in [0.25, 0.3) is 0 Å². The quantitative estimate of drug-likeness (QED) is 0.146. The van der Waals surface area contributed by atoms with E-state index in [1.54, 1.807) is 24.3 Å². The van der Waals surface area contributed by atoms with Crippen LogP contribution in [0.15, 0.2) is 35.3 Å². The number of hydrogen-bond donors (Lipinski definition) is 4. The minimum absolute atomic E-state index is 0.0297. The molecule has 9 heteroatoms. The fourth-order valence-corrected chi connectivity index (χ4v) is 2.19. The van der Waals surface area contributed by atoms with Crippen LogP contribution in [0.2, 0.25) is 0 Å². The first-order valence-electron chi connectivity index (χ1n) is 8.17. The molecule has 7 N–H and O–H groups in total. The summed E-state index contributed by atoms with van der Waals surface area (Å²) in [5.41, 5.74) is 17.1. The van der Waals surface area contributed by atoms with Crippen molar-refractivity contribution >= 4 is 23.8 Å².